The zero-order chi connectivity index (χ0) is 16.1. The number of aromatic nitrogens is 2. The summed E-state index contributed by atoms with van der Waals surface area (Å²) in [6.07, 6.45) is 3.01. The molecule has 6 nitrogen and oxygen atoms in total. The van der Waals surface area contributed by atoms with E-state index in [2.05, 4.69) is 27.2 Å². The summed E-state index contributed by atoms with van der Waals surface area (Å²) in [6.45, 7) is 4.55. The fourth-order valence-electron chi connectivity index (χ4n) is 2.91. The Morgan fingerprint density at radius 2 is 2.00 bits per heavy atom. The van der Waals surface area contributed by atoms with E-state index < -0.39 is 0 Å². The van der Waals surface area contributed by atoms with Crippen LogP contribution in [0.2, 0.25) is 0 Å². The first-order valence-corrected chi connectivity index (χ1v) is 8.25. The van der Waals surface area contributed by atoms with E-state index >= 15 is 0 Å². The first kappa shape index (κ1) is 16.0. The van der Waals surface area contributed by atoms with Crippen LogP contribution in [0, 0.1) is 0 Å². The van der Waals surface area contributed by atoms with Gasteiger partial charge >= 0.3 is 6.01 Å². The van der Waals surface area contributed by atoms with E-state index in [1.165, 1.54) is 0 Å². The van der Waals surface area contributed by atoms with Gasteiger partial charge in [0, 0.05) is 19.7 Å². The van der Waals surface area contributed by atoms with E-state index in [1.807, 2.05) is 25.1 Å². The number of nitrogens with two attached hydrogens (primary N) is 1. The summed E-state index contributed by atoms with van der Waals surface area (Å²) in [7, 11) is 0. The average molecular weight is 316 g/mol. The van der Waals surface area contributed by atoms with E-state index in [9.17, 15) is 0 Å². The van der Waals surface area contributed by atoms with E-state index in [1.54, 1.807) is 0 Å². The van der Waals surface area contributed by atoms with Crippen molar-refractivity contribution in [2.45, 2.75) is 38.3 Å². The third kappa shape index (κ3) is 4.09. The molecule has 124 valence electrons. The van der Waals surface area contributed by atoms with Gasteiger partial charge in [0.2, 0.25) is 5.89 Å². The molecule has 1 aliphatic rings. The van der Waals surface area contributed by atoms with E-state index in [4.69, 9.17) is 14.9 Å². The van der Waals surface area contributed by atoms with Crippen molar-refractivity contribution in [1.82, 2.24) is 10.2 Å². The molecular weight excluding hydrogens is 292 g/mol. The second-order valence-electron chi connectivity index (χ2n) is 5.86. The molecule has 1 aromatic carbocycles. The average Bonchev–Trinajstić information content (AvgIpc) is 3.07. The fourth-order valence-corrected chi connectivity index (χ4v) is 2.91. The van der Waals surface area contributed by atoms with Gasteiger partial charge in [-0.1, -0.05) is 35.4 Å². The minimum Gasteiger partial charge on any atom is -0.406 e. The highest BCUT2D eigenvalue weighted by Crippen LogP contribution is 2.23. The van der Waals surface area contributed by atoms with Gasteiger partial charge in [-0.05, 0) is 31.7 Å². The maximum absolute atomic E-state index is 6.20. The second kappa shape index (κ2) is 7.57. The summed E-state index contributed by atoms with van der Waals surface area (Å²) in [4.78, 5) is 2.11. The summed E-state index contributed by atoms with van der Waals surface area (Å²) in [5.41, 5.74) is 7.36. The predicted molar refractivity (Wildman–Crippen MR) is 88.2 cm³/mol. The van der Waals surface area contributed by atoms with Gasteiger partial charge in [-0.15, -0.1) is 5.10 Å². The molecule has 1 saturated heterocycles. The summed E-state index contributed by atoms with van der Waals surface area (Å²) in [5.74, 6) is 0.496. The van der Waals surface area contributed by atoms with Crippen LogP contribution in [0.1, 0.15) is 37.3 Å². The lowest BCUT2D eigenvalue weighted by atomic mass is 10.1. The van der Waals surface area contributed by atoms with Crippen molar-refractivity contribution in [2.75, 3.05) is 24.6 Å². The third-order valence-electron chi connectivity index (χ3n) is 4.16. The predicted octanol–water partition coefficient (Wildman–Crippen LogP) is 2.32. The minimum absolute atomic E-state index is 0.278. The molecule has 0 radical (unpaired) electrons. The van der Waals surface area contributed by atoms with Gasteiger partial charge < -0.3 is 19.8 Å². The Balaban J connectivity index is 1.58. The Kier molecular flexibility index (Phi) is 5.25. The number of benzene rings is 1. The fraction of sp³-hybridized carbons (Fsp3) is 0.529. The molecule has 23 heavy (non-hydrogen) atoms. The van der Waals surface area contributed by atoms with Crippen LogP contribution in [0.3, 0.4) is 0 Å². The Bertz CT molecular complexity index is 594. The topological polar surface area (TPSA) is 77.4 Å². The molecule has 1 aromatic heterocycles. The van der Waals surface area contributed by atoms with Crippen LogP contribution in [0.5, 0.6) is 0 Å². The third-order valence-corrected chi connectivity index (χ3v) is 4.16. The number of nitrogens with zero attached hydrogens (tertiary/aromatic N) is 3. The van der Waals surface area contributed by atoms with Crippen molar-refractivity contribution < 1.29 is 9.15 Å². The lowest BCUT2D eigenvalue weighted by Crippen LogP contribution is -2.37. The van der Waals surface area contributed by atoms with E-state index in [0.717, 1.165) is 38.1 Å². The molecular formula is C17H24N4O2. The van der Waals surface area contributed by atoms with Crippen LogP contribution in [0.15, 0.2) is 34.7 Å². The van der Waals surface area contributed by atoms with Gasteiger partial charge in [0.15, 0.2) is 0 Å². The molecule has 2 aromatic rings. The monoisotopic (exact) mass is 316 g/mol. The second-order valence-corrected chi connectivity index (χ2v) is 5.86. The van der Waals surface area contributed by atoms with Crippen molar-refractivity contribution in [3.8, 4) is 0 Å². The van der Waals surface area contributed by atoms with Gasteiger partial charge in [-0.25, -0.2) is 0 Å². The van der Waals surface area contributed by atoms with Crippen molar-refractivity contribution >= 4 is 6.01 Å². The molecule has 2 N–H and O–H groups in total. The van der Waals surface area contributed by atoms with Gasteiger partial charge in [-0.2, -0.15) is 0 Å². The first-order valence-electron chi connectivity index (χ1n) is 8.25. The zero-order valence-corrected chi connectivity index (χ0v) is 13.5. The van der Waals surface area contributed by atoms with Gasteiger partial charge in [0.1, 0.15) is 0 Å². The van der Waals surface area contributed by atoms with Crippen LogP contribution in [-0.2, 0) is 11.2 Å². The maximum Gasteiger partial charge on any atom is 0.318 e. The SMILES string of the molecule is CCOC1CCN(c2nnc([C@H](N)Cc3ccccc3)o2)CC1. The Morgan fingerprint density at radius 3 is 2.70 bits per heavy atom. The molecule has 0 saturated carbocycles. The molecule has 0 aliphatic carbocycles. The van der Waals surface area contributed by atoms with Crippen LogP contribution in [-0.4, -0.2) is 36.0 Å². The van der Waals surface area contributed by atoms with Gasteiger partial charge in [0.05, 0.1) is 12.1 Å². The smallest absolute Gasteiger partial charge is 0.318 e. The number of rotatable bonds is 6. The Hall–Kier alpha value is -1.92. The summed E-state index contributed by atoms with van der Waals surface area (Å²) in [6, 6.07) is 10.4. The Labute approximate surface area is 136 Å². The van der Waals surface area contributed by atoms with Crippen LogP contribution < -0.4 is 10.6 Å². The molecule has 0 unspecified atom stereocenters. The molecule has 0 bridgehead atoms. The molecule has 1 aliphatic heterocycles. The van der Waals surface area contributed by atoms with Crippen LogP contribution >= 0.6 is 0 Å². The standard InChI is InChI=1S/C17H24N4O2/c1-2-22-14-8-10-21(11-9-14)17-20-19-16(23-17)15(18)12-13-6-4-3-5-7-13/h3-7,14-15H,2,8-12,18H2,1H3/t15-/m1/s1. The highest BCUT2D eigenvalue weighted by atomic mass is 16.5. The van der Waals surface area contributed by atoms with Gasteiger partial charge in [-0.3, -0.25) is 0 Å². The zero-order valence-electron chi connectivity index (χ0n) is 13.5. The van der Waals surface area contributed by atoms with Crippen LogP contribution in [0.4, 0.5) is 6.01 Å². The Morgan fingerprint density at radius 1 is 1.26 bits per heavy atom. The normalized spacial score (nSPS) is 17.4. The molecule has 2 heterocycles. The summed E-state index contributed by atoms with van der Waals surface area (Å²) >= 11 is 0. The van der Waals surface area contributed by atoms with Crippen LogP contribution in [0.25, 0.3) is 0 Å². The van der Waals surface area contributed by atoms with Gasteiger partial charge in [0.25, 0.3) is 0 Å². The molecule has 3 rings (SSSR count). The number of hydrogen-bond acceptors (Lipinski definition) is 6. The van der Waals surface area contributed by atoms with Crippen molar-refractivity contribution in [3.63, 3.8) is 0 Å². The lowest BCUT2D eigenvalue weighted by Gasteiger charge is -2.30. The lowest BCUT2D eigenvalue weighted by molar-refractivity contribution is 0.0453. The molecule has 0 spiro atoms. The quantitative estimate of drug-likeness (QED) is 0.881. The maximum atomic E-state index is 6.20. The highest BCUT2D eigenvalue weighted by molar-refractivity contribution is 5.25. The van der Waals surface area contributed by atoms with Crippen molar-refractivity contribution in [3.05, 3.63) is 41.8 Å². The number of piperidine rings is 1. The summed E-state index contributed by atoms with van der Waals surface area (Å²) < 4.78 is 11.5. The first-order chi connectivity index (χ1) is 11.3. The van der Waals surface area contributed by atoms with Crippen molar-refractivity contribution in [2.24, 2.45) is 5.73 Å². The molecule has 1 fully saturated rings. The van der Waals surface area contributed by atoms with E-state index in [0.29, 0.717) is 24.4 Å². The number of hydrogen-bond donors (Lipinski definition) is 1. The molecule has 6 heteroatoms. The largest absolute Gasteiger partial charge is 0.406 e. The molecule has 0 amide bonds. The summed E-state index contributed by atoms with van der Waals surface area (Å²) in [5, 5.41) is 8.29. The minimum atomic E-state index is -0.278. The molecule has 1 atom stereocenters. The highest BCUT2D eigenvalue weighted by Gasteiger charge is 2.24. The number of anilines is 1. The van der Waals surface area contributed by atoms with E-state index in [-0.39, 0.29) is 6.04 Å². The van der Waals surface area contributed by atoms with Crippen molar-refractivity contribution in [1.29, 1.82) is 0 Å². The number of ether oxygens (including phenoxy) is 1.